The van der Waals surface area contributed by atoms with E-state index in [0.717, 1.165) is 22.4 Å². The van der Waals surface area contributed by atoms with Gasteiger partial charge in [-0.3, -0.25) is 9.78 Å². The first kappa shape index (κ1) is 10.0. The fourth-order valence-electron chi connectivity index (χ4n) is 1.62. The van der Waals surface area contributed by atoms with E-state index in [1.54, 1.807) is 18.3 Å². The minimum absolute atomic E-state index is 0.0625. The van der Waals surface area contributed by atoms with Crippen molar-refractivity contribution >= 4 is 28.2 Å². The lowest BCUT2D eigenvalue weighted by Gasteiger charge is -2.00. The molecule has 0 fully saturated rings. The van der Waals surface area contributed by atoms with E-state index in [-0.39, 0.29) is 5.78 Å². The number of hydrogen-bond acceptors (Lipinski definition) is 5. The molecule has 0 N–H and O–H groups in total. The lowest BCUT2D eigenvalue weighted by atomic mass is 10.1. The molecule has 5 heteroatoms. The maximum absolute atomic E-state index is 12.1. The zero-order valence-electron chi connectivity index (χ0n) is 8.70. The van der Waals surface area contributed by atoms with Gasteiger partial charge in [-0.05, 0) is 23.7 Å². The molecule has 2 aromatic heterocycles. The van der Waals surface area contributed by atoms with E-state index in [0.29, 0.717) is 10.4 Å². The summed E-state index contributed by atoms with van der Waals surface area (Å²) in [7, 11) is 0. The van der Waals surface area contributed by atoms with Crippen LogP contribution in [0.5, 0.6) is 0 Å². The van der Waals surface area contributed by atoms with Crippen LogP contribution < -0.4 is 0 Å². The number of pyridine rings is 1. The van der Waals surface area contributed by atoms with Crippen LogP contribution in [0.1, 0.15) is 15.2 Å². The highest BCUT2D eigenvalue weighted by Gasteiger charge is 2.11. The fourth-order valence-corrected chi connectivity index (χ4v) is 2.09. The van der Waals surface area contributed by atoms with E-state index in [4.69, 9.17) is 0 Å². The molecule has 0 amide bonds. The predicted octanol–water partition coefficient (Wildman–Crippen LogP) is 2.32. The zero-order chi connectivity index (χ0) is 11.7. The monoisotopic (exact) mass is 241 g/mol. The molecule has 0 saturated carbocycles. The van der Waals surface area contributed by atoms with Gasteiger partial charge in [0.15, 0.2) is 0 Å². The number of carbonyl (C=O) groups is 1. The smallest absolute Gasteiger partial charge is 0.206 e. The Labute approximate surface area is 101 Å². The number of aromatic nitrogens is 3. The summed E-state index contributed by atoms with van der Waals surface area (Å²) in [5, 5.41) is 4.68. The highest BCUT2D eigenvalue weighted by atomic mass is 32.1. The summed E-state index contributed by atoms with van der Waals surface area (Å²) in [6.45, 7) is 0. The molecule has 3 rings (SSSR count). The number of fused-ring (bicyclic) bond motifs is 1. The van der Waals surface area contributed by atoms with Gasteiger partial charge in [0, 0.05) is 17.1 Å². The summed E-state index contributed by atoms with van der Waals surface area (Å²) < 4.78 is 3.69. The summed E-state index contributed by atoms with van der Waals surface area (Å²) in [4.78, 5) is 16.8. The molecule has 17 heavy (non-hydrogen) atoms. The third-order valence-electron chi connectivity index (χ3n) is 2.45. The molecule has 82 valence electrons. The van der Waals surface area contributed by atoms with Gasteiger partial charge < -0.3 is 0 Å². The van der Waals surface area contributed by atoms with Crippen molar-refractivity contribution in [3.63, 3.8) is 0 Å². The van der Waals surface area contributed by atoms with Gasteiger partial charge in [-0.25, -0.2) is 0 Å². The van der Waals surface area contributed by atoms with E-state index >= 15 is 0 Å². The van der Waals surface area contributed by atoms with Gasteiger partial charge in [0.2, 0.25) is 5.78 Å². The molecule has 2 heterocycles. The van der Waals surface area contributed by atoms with E-state index in [2.05, 4.69) is 14.6 Å². The molecule has 4 nitrogen and oxygen atoms in total. The second kappa shape index (κ2) is 4.03. The number of carbonyl (C=O) groups excluding carboxylic acids is 1. The normalized spacial score (nSPS) is 10.6. The van der Waals surface area contributed by atoms with Crippen LogP contribution >= 0.6 is 11.5 Å². The second-order valence-electron chi connectivity index (χ2n) is 3.52. The highest BCUT2D eigenvalue weighted by Crippen LogP contribution is 2.17. The van der Waals surface area contributed by atoms with Crippen LogP contribution in [0.3, 0.4) is 0 Å². The van der Waals surface area contributed by atoms with Crippen LogP contribution in [0.4, 0.5) is 0 Å². The molecule has 0 atom stereocenters. The van der Waals surface area contributed by atoms with Crippen molar-refractivity contribution in [1.82, 2.24) is 14.6 Å². The third kappa shape index (κ3) is 1.81. The van der Waals surface area contributed by atoms with Crippen LogP contribution in [-0.2, 0) is 0 Å². The summed E-state index contributed by atoms with van der Waals surface area (Å²) in [5.41, 5.74) is 1.43. The first-order chi connectivity index (χ1) is 8.34. The standard InChI is InChI=1S/C12H7N3OS/c16-12(11-7-14-15-17-11)9-4-3-8-2-1-5-13-10(8)6-9/h1-7H. The average molecular weight is 241 g/mol. The Balaban J connectivity index is 2.09. The lowest BCUT2D eigenvalue weighted by molar-refractivity contribution is 0.104. The summed E-state index contributed by atoms with van der Waals surface area (Å²) in [6.07, 6.45) is 3.19. The van der Waals surface area contributed by atoms with Crippen molar-refractivity contribution in [3.8, 4) is 0 Å². The van der Waals surface area contributed by atoms with Crippen molar-refractivity contribution in [2.75, 3.05) is 0 Å². The van der Waals surface area contributed by atoms with Crippen LogP contribution in [0, 0.1) is 0 Å². The Morgan fingerprint density at radius 1 is 1.24 bits per heavy atom. The van der Waals surface area contributed by atoms with Crippen LogP contribution in [0.25, 0.3) is 10.9 Å². The SMILES string of the molecule is O=C(c1ccc2cccnc2c1)c1cnns1. The highest BCUT2D eigenvalue weighted by molar-refractivity contribution is 7.08. The van der Waals surface area contributed by atoms with Gasteiger partial charge in [0.1, 0.15) is 4.88 Å². The molecular weight excluding hydrogens is 234 g/mol. The maximum atomic E-state index is 12.1. The first-order valence-corrected chi connectivity index (χ1v) is 5.79. The van der Waals surface area contributed by atoms with Gasteiger partial charge in [0.05, 0.1) is 11.7 Å². The van der Waals surface area contributed by atoms with Gasteiger partial charge in [0.25, 0.3) is 0 Å². The predicted molar refractivity (Wildman–Crippen MR) is 65.1 cm³/mol. The molecule has 0 unspecified atom stereocenters. The number of benzene rings is 1. The van der Waals surface area contributed by atoms with Gasteiger partial charge in [-0.2, -0.15) is 0 Å². The Bertz CT molecular complexity index is 679. The van der Waals surface area contributed by atoms with Gasteiger partial charge >= 0.3 is 0 Å². The molecule has 0 bridgehead atoms. The lowest BCUT2D eigenvalue weighted by Crippen LogP contribution is -1.98. The Kier molecular flexibility index (Phi) is 2.38. The minimum Gasteiger partial charge on any atom is -0.288 e. The number of nitrogens with zero attached hydrogens (tertiary/aromatic N) is 3. The van der Waals surface area contributed by atoms with E-state index in [1.165, 1.54) is 6.20 Å². The number of ketones is 1. The van der Waals surface area contributed by atoms with Crippen LogP contribution in [0.15, 0.2) is 42.7 Å². The molecule has 0 aliphatic rings. The second-order valence-corrected chi connectivity index (χ2v) is 4.31. The molecule has 0 aliphatic heterocycles. The van der Waals surface area contributed by atoms with Gasteiger partial charge in [-0.1, -0.05) is 22.7 Å². The Morgan fingerprint density at radius 2 is 2.18 bits per heavy atom. The molecule has 0 spiro atoms. The first-order valence-electron chi connectivity index (χ1n) is 5.01. The third-order valence-corrected chi connectivity index (χ3v) is 3.12. The minimum atomic E-state index is -0.0625. The van der Waals surface area contributed by atoms with Crippen molar-refractivity contribution in [2.24, 2.45) is 0 Å². The fraction of sp³-hybridized carbons (Fsp3) is 0. The maximum Gasteiger partial charge on any atom is 0.206 e. The Hall–Kier alpha value is -2.14. The molecule has 0 radical (unpaired) electrons. The van der Waals surface area contributed by atoms with Crippen molar-refractivity contribution in [1.29, 1.82) is 0 Å². The summed E-state index contributed by atoms with van der Waals surface area (Å²) in [6, 6.07) is 9.31. The van der Waals surface area contributed by atoms with Crippen molar-refractivity contribution < 1.29 is 4.79 Å². The number of hydrogen-bond donors (Lipinski definition) is 0. The van der Waals surface area contributed by atoms with Crippen LogP contribution in [0.2, 0.25) is 0 Å². The quantitative estimate of drug-likeness (QED) is 0.646. The topological polar surface area (TPSA) is 55.7 Å². The number of rotatable bonds is 2. The van der Waals surface area contributed by atoms with E-state index in [1.807, 2.05) is 18.2 Å². The van der Waals surface area contributed by atoms with E-state index < -0.39 is 0 Å². The molecule has 0 saturated heterocycles. The van der Waals surface area contributed by atoms with Gasteiger partial charge in [-0.15, -0.1) is 5.10 Å². The molecular formula is C12H7N3OS. The van der Waals surface area contributed by atoms with E-state index in [9.17, 15) is 4.79 Å². The Morgan fingerprint density at radius 3 is 3.00 bits per heavy atom. The van der Waals surface area contributed by atoms with Crippen molar-refractivity contribution in [3.05, 3.63) is 53.2 Å². The average Bonchev–Trinajstić information content (AvgIpc) is 2.91. The molecule has 3 aromatic rings. The largest absolute Gasteiger partial charge is 0.288 e. The van der Waals surface area contributed by atoms with Crippen LogP contribution in [-0.4, -0.2) is 20.4 Å². The zero-order valence-corrected chi connectivity index (χ0v) is 9.52. The summed E-state index contributed by atoms with van der Waals surface area (Å²) >= 11 is 1.10. The molecule has 1 aromatic carbocycles. The molecule has 0 aliphatic carbocycles. The van der Waals surface area contributed by atoms with Crippen molar-refractivity contribution in [2.45, 2.75) is 0 Å². The summed E-state index contributed by atoms with van der Waals surface area (Å²) in [5.74, 6) is -0.0625.